The Morgan fingerprint density at radius 2 is 2.54 bits per heavy atom. The molecule has 1 aliphatic rings. The predicted molar refractivity (Wildman–Crippen MR) is 48.0 cm³/mol. The van der Waals surface area contributed by atoms with Gasteiger partial charge in [-0.1, -0.05) is 0 Å². The Morgan fingerprint density at radius 3 is 3.15 bits per heavy atom. The van der Waals surface area contributed by atoms with Crippen LogP contribution in [-0.4, -0.2) is 22.2 Å². The molecule has 1 fully saturated rings. The van der Waals surface area contributed by atoms with Gasteiger partial charge in [0.1, 0.15) is 6.17 Å². The zero-order valence-corrected chi connectivity index (χ0v) is 7.46. The first-order valence-corrected chi connectivity index (χ1v) is 4.71. The van der Waals surface area contributed by atoms with E-state index in [0.29, 0.717) is 13.0 Å². The van der Waals surface area contributed by atoms with E-state index in [2.05, 4.69) is 15.3 Å². The summed E-state index contributed by atoms with van der Waals surface area (Å²) in [7, 11) is 0. The van der Waals surface area contributed by atoms with Gasteiger partial charge < -0.3 is 10.3 Å². The van der Waals surface area contributed by atoms with Crippen LogP contribution < -0.4 is 5.32 Å². The number of hydrogen-bond donors (Lipinski definition) is 2. The fraction of sp³-hybridized carbons (Fsp3) is 0.667. The molecule has 2 unspecified atom stereocenters. The monoisotopic (exact) mass is 183 g/mol. The second-order valence-corrected chi connectivity index (χ2v) is 3.51. The molecule has 1 heterocycles. The largest absolute Gasteiger partial charge is 0.347 e. The molecule has 3 nitrogen and oxygen atoms in total. The number of nitrogens with zero attached hydrogens (tertiary/aromatic N) is 1. The molecule has 1 aromatic heterocycles. The van der Waals surface area contributed by atoms with E-state index in [9.17, 15) is 4.39 Å². The highest BCUT2D eigenvalue weighted by Gasteiger charge is 2.26. The van der Waals surface area contributed by atoms with Gasteiger partial charge in [0.05, 0.1) is 6.33 Å². The zero-order valence-electron chi connectivity index (χ0n) is 7.46. The normalized spacial score (nSPS) is 28.1. The first-order chi connectivity index (χ1) is 6.36. The molecule has 0 saturated heterocycles. The van der Waals surface area contributed by atoms with Crippen LogP contribution >= 0.6 is 0 Å². The van der Waals surface area contributed by atoms with Gasteiger partial charge in [-0.15, -0.1) is 0 Å². The highest BCUT2D eigenvalue weighted by Crippen LogP contribution is 2.21. The van der Waals surface area contributed by atoms with Crippen LogP contribution in [0.15, 0.2) is 12.5 Å². The van der Waals surface area contributed by atoms with Crippen molar-refractivity contribution in [3.63, 3.8) is 0 Å². The van der Waals surface area contributed by atoms with Crippen LogP contribution in [0.4, 0.5) is 4.39 Å². The minimum atomic E-state index is -0.664. The molecule has 0 aliphatic heterocycles. The summed E-state index contributed by atoms with van der Waals surface area (Å²) in [5, 5.41) is 3.19. The van der Waals surface area contributed by atoms with E-state index >= 15 is 0 Å². The molecule has 4 heteroatoms. The van der Waals surface area contributed by atoms with Crippen molar-refractivity contribution in [3.8, 4) is 0 Å². The third-order valence-electron chi connectivity index (χ3n) is 2.54. The maximum atomic E-state index is 13.1. The molecule has 1 aliphatic carbocycles. The zero-order chi connectivity index (χ0) is 9.10. The topological polar surface area (TPSA) is 40.7 Å². The maximum Gasteiger partial charge on any atom is 0.115 e. The average Bonchev–Trinajstić information content (AvgIpc) is 2.72. The number of hydrogen-bond acceptors (Lipinski definition) is 2. The van der Waals surface area contributed by atoms with Crippen LogP contribution in [0.5, 0.6) is 0 Å². The number of alkyl halides is 1. The summed E-state index contributed by atoms with van der Waals surface area (Å²) in [5.74, 6) is 0. The lowest BCUT2D eigenvalue weighted by Crippen LogP contribution is -2.32. The molecular weight excluding hydrogens is 169 g/mol. The molecule has 72 valence electrons. The molecule has 13 heavy (non-hydrogen) atoms. The van der Waals surface area contributed by atoms with Crippen LogP contribution in [0.3, 0.4) is 0 Å². The molecule has 0 spiro atoms. The van der Waals surface area contributed by atoms with Gasteiger partial charge in [0.15, 0.2) is 0 Å². The second-order valence-electron chi connectivity index (χ2n) is 3.51. The van der Waals surface area contributed by atoms with Gasteiger partial charge in [0, 0.05) is 24.5 Å². The van der Waals surface area contributed by atoms with Crippen molar-refractivity contribution in [2.75, 3.05) is 0 Å². The smallest absolute Gasteiger partial charge is 0.115 e. The molecule has 1 saturated carbocycles. The minimum Gasteiger partial charge on any atom is -0.347 e. The lowest BCUT2D eigenvalue weighted by Gasteiger charge is -2.13. The molecule has 0 amide bonds. The van der Waals surface area contributed by atoms with Gasteiger partial charge >= 0.3 is 0 Å². The third kappa shape index (κ3) is 2.06. The molecule has 2 rings (SSSR count). The SMILES string of the molecule is FC1CCCC1NCc1cnc[nH]1. The number of rotatable bonds is 3. The fourth-order valence-electron chi connectivity index (χ4n) is 1.77. The second kappa shape index (κ2) is 3.87. The first-order valence-electron chi connectivity index (χ1n) is 4.71. The third-order valence-corrected chi connectivity index (χ3v) is 2.54. The minimum absolute atomic E-state index is 0.0447. The van der Waals surface area contributed by atoms with E-state index < -0.39 is 6.17 Å². The van der Waals surface area contributed by atoms with Crippen molar-refractivity contribution in [2.24, 2.45) is 0 Å². The van der Waals surface area contributed by atoms with Gasteiger partial charge in [0.25, 0.3) is 0 Å². The quantitative estimate of drug-likeness (QED) is 0.743. The van der Waals surface area contributed by atoms with Crippen LogP contribution in [-0.2, 0) is 6.54 Å². The van der Waals surface area contributed by atoms with Crippen molar-refractivity contribution >= 4 is 0 Å². The first kappa shape index (κ1) is 8.69. The molecule has 2 atom stereocenters. The van der Waals surface area contributed by atoms with Crippen LogP contribution in [0.1, 0.15) is 25.0 Å². The molecule has 0 aromatic carbocycles. The van der Waals surface area contributed by atoms with E-state index in [1.807, 2.05) is 0 Å². The summed E-state index contributed by atoms with van der Waals surface area (Å²) < 4.78 is 13.1. The number of halogens is 1. The maximum absolute atomic E-state index is 13.1. The summed E-state index contributed by atoms with van der Waals surface area (Å²) in [6.45, 7) is 0.686. The average molecular weight is 183 g/mol. The van der Waals surface area contributed by atoms with E-state index in [0.717, 1.165) is 18.5 Å². The standard InChI is InChI=1S/C9H14FN3/c10-8-2-1-3-9(8)12-5-7-4-11-6-13-7/h4,6,8-9,12H,1-3,5H2,(H,11,13). The van der Waals surface area contributed by atoms with Gasteiger partial charge in [-0.2, -0.15) is 0 Å². The molecule has 0 radical (unpaired) electrons. The van der Waals surface area contributed by atoms with E-state index in [1.54, 1.807) is 12.5 Å². The molecule has 0 bridgehead atoms. The van der Waals surface area contributed by atoms with Crippen molar-refractivity contribution in [2.45, 2.75) is 38.0 Å². The number of nitrogens with one attached hydrogen (secondary N) is 2. The van der Waals surface area contributed by atoms with Gasteiger partial charge in [0.2, 0.25) is 0 Å². The fourth-order valence-corrected chi connectivity index (χ4v) is 1.77. The van der Waals surface area contributed by atoms with E-state index in [-0.39, 0.29) is 6.04 Å². The molecule has 2 N–H and O–H groups in total. The summed E-state index contributed by atoms with van der Waals surface area (Å²) in [4.78, 5) is 6.88. The van der Waals surface area contributed by atoms with Crippen molar-refractivity contribution < 1.29 is 4.39 Å². The van der Waals surface area contributed by atoms with Crippen LogP contribution in [0, 0.1) is 0 Å². The Balaban J connectivity index is 1.79. The Labute approximate surface area is 76.8 Å². The highest BCUT2D eigenvalue weighted by atomic mass is 19.1. The van der Waals surface area contributed by atoms with Gasteiger partial charge in [-0.25, -0.2) is 9.37 Å². The Hall–Kier alpha value is -0.900. The predicted octanol–water partition coefficient (Wildman–Crippen LogP) is 1.39. The summed E-state index contributed by atoms with van der Waals surface area (Å²) in [5.41, 5.74) is 1.01. The van der Waals surface area contributed by atoms with Crippen molar-refractivity contribution in [3.05, 3.63) is 18.2 Å². The number of imidazole rings is 1. The van der Waals surface area contributed by atoms with Gasteiger partial charge in [-0.05, 0) is 19.3 Å². The number of aromatic nitrogens is 2. The molecule has 1 aromatic rings. The number of aromatic amines is 1. The van der Waals surface area contributed by atoms with Gasteiger partial charge in [-0.3, -0.25) is 0 Å². The lowest BCUT2D eigenvalue weighted by molar-refractivity contribution is 0.279. The summed E-state index contributed by atoms with van der Waals surface area (Å²) in [6, 6.07) is 0.0447. The van der Waals surface area contributed by atoms with Crippen LogP contribution in [0.2, 0.25) is 0 Å². The van der Waals surface area contributed by atoms with Crippen molar-refractivity contribution in [1.29, 1.82) is 0 Å². The lowest BCUT2D eigenvalue weighted by atomic mass is 10.2. The van der Waals surface area contributed by atoms with Crippen molar-refractivity contribution in [1.82, 2.24) is 15.3 Å². The van der Waals surface area contributed by atoms with Crippen LogP contribution in [0.25, 0.3) is 0 Å². The van der Waals surface area contributed by atoms with E-state index in [1.165, 1.54) is 0 Å². The number of H-pyrrole nitrogens is 1. The molecular formula is C9H14FN3. The Kier molecular flexibility index (Phi) is 2.59. The highest BCUT2D eigenvalue weighted by molar-refractivity contribution is 4.95. The Bertz CT molecular complexity index is 247. The Morgan fingerprint density at radius 1 is 1.62 bits per heavy atom. The van der Waals surface area contributed by atoms with E-state index in [4.69, 9.17) is 0 Å². The summed E-state index contributed by atoms with van der Waals surface area (Å²) in [6.07, 6.45) is 5.40. The summed E-state index contributed by atoms with van der Waals surface area (Å²) >= 11 is 0.